The molecule has 116 valence electrons. The predicted molar refractivity (Wildman–Crippen MR) is 84.2 cm³/mol. The van der Waals surface area contributed by atoms with Crippen LogP contribution in [0.1, 0.15) is 67.9 Å². The summed E-state index contributed by atoms with van der Waals surface area (Å²) in [5, 5.41) is 3.20. The molecule has 0 aromatic carbocycles. The van der Waals surface area contributed by atoms with Crippen molar-refractivity contribution in [3.8, 4) is 0 Å². The molecule has 3 rings (SSSR count). The largest absolute Gasteiger partial charge is 0.346 e. The van der Waals surface area contributed by atoms with E-state index in [4.69, 9.17) is 5.73 Å². The lowest BCUT2D eigenvalue weighted by Gasteiger charge is -2.31. The summed E-state index contributed by atoms with van der Waals surface area (Å²) in [4.78, 5) is 12.6. The standard InChI is InChI=1S/C17H27N3O/c18-12-15(13-6-2-1-3-7-13)19-17(21)16-10-5-11-20(16)14-8-4-9-14/h5,10-11,13-15H,1-4,6-9,12,18H2,(H,19,21). The SMILES string of the molecule is NCC(NC(=O)c1cccn1C1CCC1)C1CCCCC1. The Morgan fingerprint density at radius 2 is 2.00 bits per heavy atom. The summed E-state index contributed by atoms with van der Waals surface area (Å²) < 4.78 is 2.15. The molecule has 2 aliphatic carbocycles. The lowest BCUT2D eigenvalue weighted by Crippen LogP contribution is -2.46. The number of carbonyl (C=O) groups excluding carboxylic acids is 1. The summed E-state index contributed by atoms with van der Waals surface area (Å²) in [7, 11) is 0. The van der Waals surface area contributed by atoms with Gasteiger partial charge in [0.05, 0.1) is 0 Å². The molecule has 21 heavy (non-hydrogen) atoms. The van der Waals surface area contributed by atoms with Crippen molar-refractivity contribution in [3.63, 3.8) is 0 Å². The molecule has 0 bridgehead atoms. The normalized spacial score (nSPS) is 21.8. The van der Waals surface area contributed by atoms with Gasteiger partial charge in [-0.15, -0.1) is 0 Å². The fraction of sp³-hybridized carbons (Fsp3) is 0.706. The average molecular weight is 289 g/mol. The highest BCUT2D eigenvalue weighted by Gasteiger charge is 2.27. The Labute approximate surface area is 127 Å². The van der Waals surface area contributed by atoms with Crippen LogP contribution in [0.25, 0.3) is 0 Å². The lowest BCUT2D eigenvalue weighted by molar-refractivity contribution is 0.0900. The van der Waals surface area contributed by atoms with Crippen LogP contribution in [0.3, 0.4) is 0 Å². The van der Waals surface area contributed by atoms with E-state index in [1.165, 1.54) is 51.4 Å². The van der Waals surface area contributed by atoms with Gasteiger partial charge >= 0.3 is 0 Å². The van der Waals surface area contributed by atoms with Crippen molar-refractivity contribution in [3.05, 3.63) is 24.0 Å². The first-order valence-corrected chi connectivity index (χ1v) is 8.47. The van der Waals surface area contributed by atoms with Crippen LogP contribution in [0.4, 0.5) is 0 Å². The van der Waals surface area contributed by atoms with Gasteiger partial charge in [-0.05, 0) is 50.2 Å². The van der Waals surface area contributed by atoms with E-state index in [1.807, 2.05) is 18.3 Å². The number of amides is 1. The van der Waals surface area contributed by atoms with Gasteiger partial charge < -0.3 is 15.6 Å². The zero-order chi connectivity index (χ0) is 14.7. The third kappa shape index (κ3) is 3.15. The molecule has 0 spiro atoms. The zero-order valence-electron chi connectivity index (χ0n) is 12.8. The molecule has 1 heterocycles. The summed E-state index contributed by atoms with van der Waals surface area (Å²) in [6.45, 7) is 0.542. The molecule has 2 aliphatic rings. The first kappa shape index (κ1) is 14.6. The summed E-state index contributed by atoms with van der Waals surface area (Å²) in [6, 6.07) is 4.56. The third-order valence-corrected chi connectivity index (χ3v) is 5.27. The number of aromatic nitrogens is 1. The van der Waals surface area contributed by atoms with E-state index >= 15 is 0 Å². The molecular formula is C17H27N3O. The lowest BCUT2D eigenvalue weighted by atomic mass is 9.84. The molecule has 1 aromatic rings. The molecule has 2 fully saturated rings. The molecule has 0 aliphatic heterocycles. The van der Waals surface area contributed by atoms with Crippen LogP contribution in [-0.4, -0.2) is 23.1 Å². The number of nitrogens with zero attached hydrogens (tertiary/aromatic N) is 1. The number of hydrogen-bond donors (Lipinski definition) is 2. The Morgan fingerprint density at radius 3 is 2.62 bits per heavy atom. The van der Waals surface area contributed by atoms with Crippen molar-refractivity contribution < 1.29 is 4.79 Å². The molecule has 3 N–H and O–H groups in total. The van der Waals surface area contributed by atoms with E-state index in [-0.39, 0.29) is 11.9 Å². The molecule has 1 unspecified atom stereocenters. The van der Waals surface area contributed by atoms with E-state index in [9.17, 15) is 4.79 Å². The molecule has 1 amide bonds. The third-order valence-electron chi connectivity index (χ3n) is 5.27. The second-order valence-electron chi connectivity index (χ2n) is 6.60. The van der Waals surface area contributed by atoms with Crippen LogP contribution < -0.4 is 11.1 Å². The molecule has 4 heteroatoms. The number of nitrogens with one attached hydrogen (secondary N) is 1. The maximum atomic E-state index is 12.6. The number of nitrogens with two attached hydrogens (primary N) is 1. The maximum absolute atomic E-state index is 12.6. The molecule has 0 radical (unpaired) electrons. The van der Waals surface area contributed by atoms with Crippen LogP contribution >= 0.6 is 0 Å². The van der Waals surface area contributed by atoms with Gasteiger partial charge in [-0.2, -0.15) is 0 Å². The van der Waals surface area contributed by atoms with Crippen LogP contribution in [-0.2, 0) is 0 Å². The van der Waals surface area contributed by atoms with Crippen LogP contribution in [0.2, 0.25) is 0 Å². The van der Waals surface area contributed by atoms with E-state index < -0.39 is 0 Å². The number of carbonyl (C=O) groups is 1. The Balaban J connectivity index is 1.65. The first-order chi connectivity index (χ1) is 10.3. The summed E-state index contributed by atoms with van der Waals surface area (Å²) in [5.41, 5.74) is 6.72. The van der Waals surface area contributed by atoms with Crippen LogP contribution in [0.5, 0.6) is 0 Å². The topological polar surface area (TPSA) is 60.0 Å². The highest BCUT2D eigenvalue weighted by Crippen LogP contribution is 2.33. The fourth-order valence-electron chi connectivity index (χ4n) is 3.72. The van der Waals surface area contributed by atoms with E-state index in [0.717, 1.165) is 5.69 Å². The highest BCUT2D eigenvalue weighted by atomic mass is 16.2. The van der Waals surface area contributed by atoms with Gasteiger partial charge in [0.1, 0.15) is 5.69 Å². The van der Waals surface area contributed by atoms with E-state index in [2.05, 4.69) is 9.88 Å². The summed E-state index contributed by atoms with van der Waals surface area (Å²) in [6.07, 6.45) is 12.0. The number of hydrogen-bond acceptors (Lipinski definition) is 2. The van der Waals surface area contributed by atoms with Gasteiger partial charge in [0, 0.05) is 24.8 Å². The van der Waals surface area contributed by atoms with Crippen molar-refractivity contribution in [2.75, 3.05) is 6.54 Å². The summed E-state index contributed by atoms with van der Waals surface area (Å²) >= 11 is 0. The fourth-order valence-corrected chi connectivity index (χ4v) is 3.72. The van der Waals surface area contributed by atoms with Crippen molar-refractivity contribution in [1.82, 2.24) is 9.88 Å². The van der Waals surface area contributed by atoms with Gasteiger partial charge in [0.25, 0.3) is 5.91 Å². The molecule has 2 saturated carbocycles. The van der Waals surface area contributed by atoms with Crippen molar-refractivity contribution >= 4 is 5.91 Å². The Bertz CT molecular complexity index is 472. The Hall–Kier alpha value is -1.29. The maximum Gasteiger partial charge on any atom is 0.268 e. The molecule has 1 atom stereocenters. The summed E-state index contributed by atoms with van der Waals surface area (Å²) in [5.74, 6) is 0.604. The minimum absolute atomic E-state index is 0.0490. The molecule has 1 aromatic heterocycles. The highest BCUT2D eigenvalue weighted by molar-refractivity contribution is 5.93. The first-order valence-electron chi connectivity index (χ1n) is 8.47. The second-order valence-corrected chi connectivity index (χ2v) is 6.60. The van der Waals surface area contributed by atoms with Gasteiger partial charge in [-0.3, -0.25) is 4.79 Å². The number of rotatable bonds is 5. The van der Waals surface area contributed by atoms with Gasteiger partial charge in [0.2, 0.25) is 0 Å². The van der Waals surface area contributed by atoms with E-state index in [0.29, 0.717) is 18.5 Å². The van der Waals surface area contributed by atoms with Gasteiger partial charge in [-0.25, -0.2) is 0 Å². The van der Waals surface area contributed by atoms with Crippen LogP contribution in [0, 0.1) is 5.92 Å². The van der Waals surface area contributed by atoms with Crippen molar-refractivity contribution in [2.45, 2.75) is 63.5 Å². The van der Waals surface area contributed by atoms with Crippen LogP contribution in [0.15, 0.2) is 18.3 Å². The smallest absolute Gasteiger partial charge is 0.268 e. The Kier molecular flexibility index (Phi) is 4.63. The molecule has 4 nitrogen and oxygen atoms in total. The van der Waals surface area contributed by atoms with Gasteiger partial charge in [-0.1, -0.05) is 19.3 Å². The predicted octanol–water partition coefficient (Wildman–Crippen LogP) is 2.85. The van der Waals surface area contributed by atoms with Gasteiger partial charge in [0.15, 0.2) is 0 Å². The minimum atomic E-state index is 0.0490. The van der Waals surface area contributed by atoms with Crippen molar-refractivity contribution in [1.29, 1.82) is 0 Å². The zero-order valence-corrected chi connectivity index (χ0v) is 12.8. The second kappa shape index (κ2) is 6.65. The average Bonchev–Trinajstić information content (AvgIpc) is 2.92. The monoisotopic (exact) mass is 289 g/mol. The quantitative estimate of drug-likeness (QED) is 0.875. The van der Waals surface area contributed by atoms with E-state index in [1.54, 1.807) is 0 Å². The minimum Gasteiger partial charge on any atom is -0.346 e. The molecular weight excluding hydrogens is 262 g/mol. The molecule has 0 saturated heterocycles. The Morgan fingerprint density at radius 1 is 1.24 bits per heavy atom. The van der Waals surface area contributed by atoms with Crippen molar-refractivity contribution in [2.24, 2.45) is 11.7 Å².